The standard InChI is InChI=1S/C19H35N7.HI/c1-5-21-19(22-12-17-13-23(3)10-11-24(17)4)25-8-6-16(2)18(14-25)26-9-7-20-15-26;/h7,9,15-18H,5-6,8,10-14H2,1-4H3,(H,21,22);1H. The molecule has 2 saturated heterocycles. The van der Waals surface area contributed by atoms with Crippen molar-refractivity contribution in [1.82, 2.24) is 29.6 Å². The van der Waals surface area contributed by atoms with Gasteiger partial charge in [-0.25, -0.2) is 4.98 Å². The van der Waals surface area contributed by atoms with Crippen molar-refractivity contribution < 1.29 is 0 Å². The molecule has 0 spiro atoms. The predicted octanol–water partition coefficient (Wildman–Crippen LogP) is 1.60. The van der Waals surface area contributed by atoms with Crippen LogP contribution in [0.4, 0.5) is 0 Å². The maximum Gasteiger partial charge on any atom is 0.194 e. The number of piperidine rings is 1. The molecule has 1 N–H and O–H groups in total. The van der Waals surface area contributed by atoms with Gasteiger partial charge in [-0.3, -0.25) is 9.89 Å². The molecule has 1 aromatic heterocycles. The van der Waals surface area contributed by atoms with Crippen LogP contribution >= 0.6 is 24.0 Å². The number of aliphatic imine (C=N–C) groups is 1. The quantitative estimate of drug-likeness (QED) is 0.396. The van der Waals surface area contributed by atoms with E-state index in [0.717, 1.165) is 51.8 Å². The van der Waals surface area contributed by atoms with Crippen molar-refractivity contribution in [1.29, 1.82) is 0 Å². The number of hydrogen-bond donors (Lipinski definition) is 1. The third kappa shape index (κ3) is 5.80. The van der Waals surface area contributed by atoms with E-state index in [4.69, 9.17) is 4.99 Å². The van der Waals surface area contributed by atoms with Crippen LogP contribution in [-0.4, -0.2) is 96.2 Å². The molecular formula is C19H36IN7. The molecule has 7 nitrogen and oxygen atoms in total. The summed E-state index contributed by atoms with van der Waals surface area (Å²) in [5.41, 5.74) is 0. The van der Waals surface area contributed by atoms with Crippen LogP contribution in [0.3, 0.4) is 0 Å². The minimum Gasteiger partial charge on any atom is -0.357 e. The maximum absolute atomic E-state index is 5.02. The van der Waals surface area contributed by atoms with Crippen molar-refractivity contribution >= 4 is 29.9 Å². The van der Waals surface area contributed by atoms with Gasteiger partial charge in [0.1, 0.15) is 0 Å². The van der Waals surface area contributed by atoms with Crippen LogP contribution in [0, 0.1) is 5.92 Å². The molecule has 0 bridgehead atoms. The van der Waals surface area contributed by atoms with Crippen molar-refractivity contribution in [3.05, 3.63) is 18.7 Å². The summed E-state index contributed by atoms with van der Waals surface area (Å²) < 4.78 is 2.25. The highest BCUT2D eigenvalue weighted by atomic mass is 127. The van der Waals surface area contributed by atoms with E-state index in [-0.39, 0.29) is 24.0 Å². The van der Waals surface area contributed by atoms with Crippen molar-refractivity contribution in [3.63, 3.8) is 0 Å². The molecule has 27 heavy (non-hydrogen) atoms. The fraction of sp³-hybridized carbons (Fsp3) is 0.789. The van der Waals surface area contributed by atoms with Gasteiger partial charge in [-0.05, 0) is 33.4 Å². The first-order chi connectivity index (χ1) is 12.6. The van der Waals surface area contributed by atoms with Crippen molar-refractivity contribution in [2.24, 2.45) is 10.9 Å². The van der Waals surface area contributed by atoms with Gasteiger partial charge in [-0.1, -0.05) is 6.92 Å². The second kappa shape index (κ2) is 10.6. The number of likely N-dealkylation sites (N-methyl/N-ethyl adjacent to an activating group) is 2. The largest absolute Gasteiger partial charge is 0.357 e. The lowest BCUT2D eigenvalue weighted by molar-refractivity contribution is 0.119. The fourth-order valence-electron chi connectivity index (χ4n) is 4.01. The Hall–Kier alpha value is -0.870. The van der Waals surface area contributed by atoms with Gasteiger partial charge < -0.3 is 19.7 Å². The van der Waals surface area contributed by atoms with Crippen molar-refractivity contribution in [2.75, 3.05) is 59.9 Å². The molecule has 0 saturated carbocycles. The first-order valence-electron chi connectivity index (χ1n) is 9.98. The van der Waals surface area contributed by atoms with Crippen LogP contribution in [0.5, 0.6) is 0 Å². The molecular weight excluding hydrogens is 453 g/mol. The van der Waals surface area contributed by atoms with E-state index < -0.39 is 0 Å². The van der Waals surface area contributed by atoms with Crippen molar-refractivity contribution in [2.45, 2.75) is 32.4 Å². The lowest BCUT2D eigenvalue weighted by atomic mass is 9.93. The van der Waals surface area contributed by atoms with E-state index >= 15 is 0 Å². The van der Waals surface area contributed by atoms with Gasteiger partial charge in [0.05, 0.1) is 18.9 Å². The van der Waals surface area contributed by atoms with E-state index in [1.165, 1.54) is 6.42 Å². The Balaban J connectivity index is 0.00000261. The van der Waals surface area contributed by atoms with Crippen LogP contribution in [0.15, 0.2) is 23.7 Å². The Bertz CT molecular complexity index is 577. The highest BCUT2D eigenvalue weighted by Gasteiger charge is 2.29. The molecule has 154 valence electrons. The van der Waals surface area contributed by atoms with Gasteiger partial charge in [-0.2, -0.15) is 0 Å². The minimum atomic E-state index is 0. The first-order valence-corrected chi connectivity index (χ1v) is 9.98. The van der Waals surface area contributed by atoms with Gasteiger partial charge >= 0.3 is 0 Å². The number of nitrogens with one attached hydrogen (secondary N) is 1. The zero-order valence-corrected chi connectivity index (χ0v) is 19.5. The van der Waals surface area contributed by atoms with Gasteiger partial charge in [0.2, 0.25) is 0 Å². The molecule has 3 atom stereocenters. The second-order valence-electron chi connectivity index (χ2n) is 7.88. The number of guanidine groups is 1. The Morgan fingerprint density at radius 2 is 2.04 bits per heavy atom. The minimum absolute atomic E-state index is 0. The van der Waals surface area contributed by atoms with Gasteiger partial charge in [0.25, 0.3) is 0 Å². The summed E-state index contributed by atoms with van der Waals surface area (Å²) >= 11 is 0. The zero-order valence-electron chi connectivity index (χ0n) is 17.2. The third-order valence-corrected chi connectivity index (χ3v) is 5.89. The summed E-state index contributed by atoms with van der Waals surface area (Å²) in [5, 5.41) is 3.52. The molecule has 0 amide bonds. The molecule has 3 heterocycles. The van der Waals surface area contributed by atoms with E-state index in [1.54, 1.807) is 0 Å². The van der Waals surface area contributed by atoms with E-state index in [9.17, 15) is 0 Å². The summed E-state index contributed by atoms with van der Waals surface area (Å²) in [6, 6.07) is 0.953. The molecule has 8 heteroatoms. The molecule has 0 aromatic carbocycles. The number of likely N-dealkylation sites (tertiary alicyclic amines) is 1. The summed E-state index contributed by atoms with van der Waals surface area (Å²) in [4.78, 5) is 16.5. The van der Waals surface area contributed by atoms with Crippen molar-refractivity contribution in [3.8, 4) is 0 Å². The zero-order chi connectivity index (χ0) is 18.5. The third-order valence-electron chi connectivity index (χ3n) is 5.89. The van der Waals surface area contributed by atoms with Crippen LogP contribution in [-0.2, 0) is 0 Å². The van der Waals surface area contributed by atoms with Crippen LogP contribution in [0.25, 0.3) is 0 Å². The van der Waals surface area contributed by atoms with Crippen LogP contribution in [0.1, 0.15) is 26.3 Å². The molecule has 2 fully saturated rings. The number of piperazine rings is 1. The SMILES string of the molecule is CCNC(=NCC1CN(C)CCN1C)N1CCC(C)C(n2ccnc2)C1.I. The molecule has 0 radical (unpaired) electrons. The van der Waals surface area contributed by atoms with Gasteiger partial charge in [-0.15, -0.1) is 24.0 Å². The molecule has 3 unspecified atom stereocenters. The fourth-order valence-corrected chi connectivity index (χ4v) is 4.01. The lowest BCUT2D eigenvalue weighted by Crippen LogP contribution is -2.52. The molecule has 2 aliphatic rings. The van der Waals surface area contributed by atoms with E-state index in [1.807, 2.05) is 12.5 Å². The van der Waals surface area contributed by atoms with Crippen LogP contribution in [0.2, 0.25) is 0 Å². The molecule has 2 aliphatic heterocycles. The number of hydrogen-bond acceptors (Lipinski definition) is 4. The second-order valence-corrected chi connectivity index (χ2v) is 7.88. The van der Waals surface area contributed by atoms with E-state index in [2.05, 4.69) is 63.7 Å². The van der Waals surface area contributed by atoms with E-state index in [0.29, 0.717) is 18.0 Å². The Morgan fingerprint density at radius 3 is 2.74 bits per heavy atom. The smallest absolute Gasteiger partial charge is 0.194 e. The highest BCUT2D eigenvalue weighted by molar-refractivity contribution is 14.0. The summed E-state index contributed by atoms with van der Waals surface area (Å²) in [5.74, 6) is 1.72. The Kier molecular flexibility index (Phi) is 8.81. The number of aromatic nitrogens is 2. The summed E-state index contributed by atoms with van der Waals surface area (Å²) in [6.07, 6.45) is 7.09. The number of imidazole rings is 1. The lowest BCUT2D eigenvalue weighted by Gasteiger charge is -2.40. The Labute approximate surface area is 181 Å². The number of rotatable bonds is 4. The molecule has 3 rings (SSSR count). The summed E-state index contributed by atoms with van der Waals surface area (Å²) in [6.45, 7) is 11.7. The van der Waals surface area contributed by atoms with Crippen LogP contribution < -0.4 is 5.32 Å². The number of nitrogens with zero attached hydrogens (tertiary/aromatic N) is 6. The monoisotopic (exact) mass is 489 g/mol. The van der Waals surface area contributed by atoms with Gasteiger partial charge in [0.15, 0.2) is 5.96 Å². The first kappa shape index (κ1) is 22.4. The number of halogens is 1. The normalized spacial score (nSPS) is 28.1. The molecule has 0 aliphatic carbocycles. The summed E-state index contributed by atoms with van der Waals surface area (Å²) in [7, 11) is 4.43. The maximum atomic E-state index is 5.02. The average Bonchev–Trinajstić information content (AvgIpc) is 3.16. The van der Waals surface area contributed by atoms with Gasteiger partial charge in [0, 0.05) is 57.7 Å². The Morgan fingerprint density at radius 1 is 1.22 bits per heavy atom. The predicted molar refractivity (Wildman–Crippen MR) is 122 cm³/mol. The average molecular weight is 489 g/mol. The topological polar surface area (TPSA) is 51.9 Å². The highest BCUT2D eigenvalue weighted by Crippen LogP contribution is 2.27. The molecule has 1 aromatic rings.